The van der Waals surface area contributed by atoms with Gasteiger partial charge in [-0.25, -0.2) is 4.98 Å². The maximum absolute atomic E-state index is 12.7. The van der Waals surface area contributed by atoms with Gasteiger partial charge in [-0.05, 0) is 32.6 Å². The third kappa shape index (κ3) is 2.16. The fraction of sp³-hybridized carbons (Fsp3) is 0.714. The van der Waals surface area contributed by atoms with Gasteiger partial charge in [-0.2, -0.15) is 0 Å². The van der Waals surface area contributed by atoms with Crippen molar-refractivity contribution >= 4 is 5.91 Å². The number of rotatable bonds is 4. The highest BCUT2D eigenvalue weighted by Gasteiger charge is 2.39. The Hall–Kier alpha value is -1.32. The third-order valence-corrected chi connectivity index (χ3v) is 4.24. The van der Waals surface area contributed by atoms with E-state index in [0.717, 1.165) is 0 Å². The summed E-state index contributed by atoms with van der Waals surface area (Å²) in [5.41, 5.74) is 0. The zero-order valence-electron chi connectivity index (χ0n) is 11.0. The first-order valence-electron chi connectivity index (χ1n) is 7.07. The lowest BCUT2D eigenvalue weighted by molar-refractivity contribution is -0.137. The number of hydrogen-bond acceptors (Lipinski definition) is 2. The standard InChI is InChI=1S/C14H21N3O/c1-11(16-9-8-15-10-16)14(18)17(13-6-7-13)12-4-2-3-5-12/h8-13H,2-7H2,1H3/t11-/m0/s1. The largest absolute Gasteiger partial charge is 0.335 e. The van der Waals surface area contributed by atoms with Gasteiger partial charge in [0.05, 0.1) is 6.33 Å². The van der Waals surface area contributed by atoms with E-state index in [2.05, 4.69) is 9.88 Å². The molecule has 0 aromatic carbocycles. The molecule has 18 heavy (non-hydrogen) atoms. The number of amides is 1. The van der Waals surface area contributed by atoms with Crippen molar-refractivity contribution in [3.63, 3.8) is 0 Å². The fourth-order valence-electron chi connectivity index (χ4n) is 3.03. The topological polar surface area (TPSA) is 38.1 Å². The highest BCUT2D eigenvalue weighted by Crippen LogP contribution is 2.35. The van der Waals surface area contributed by atoms with Crippen LogP contribution in [0.25, 0.3) is 0 Å². The quantitative estimate of drug-likeness (QED) is 0.819. The maximum atomic E-state index is 12.7. The molecule has 1 atom stereocenters. The van der Waals surface area contributed by atoms with E-state index in [1.807, 2.05) is 17.7 Å². The predicted octanol–water partition coefficient (Wildman–Crippen LogP) is 2.38. The number of carbonyl (C=O) groups excluding carboxylic acids is 1. The molecule has 2 aliphatic carbocycles. The van der Waals surface area contributed by atoms with Crippen LogP contribution < -0.4 is 0 Å². The molecule has 1 amide bonds. The summed E-state index contributed by atoms with van der Waals surface area (Å²) in [7, 11) is 0. The maximum Gasteiger partial charge on any atom is 0.245 e. The van der Waals surface area contributed by atoms with Crippen molar-refractivity contribution in [2.24, 2.45) is 0 Å². The molecule has 4 nitrogen and oxygen atoms in total. The zero-order chi connectivity index (χ0) is 12.5. The molecule has 2 aliphatic rings. The lowest BCUT2D eigenvalue weighted by Crippen LogP contribution is -2.43. The van der Waals surface area contributed by atoms with Gasteiger partial charge in [-0.3, -0.25) is 4.79 Å². The van der Waals surface area contributed by atoms with E-state index >= 15 is 0 Å². The highest BCUT2D eigenvalue weighted by atomic mass is 16.2. The molecule has 4 heteroatoms. The zero-order valence-corrected chi connectivity index (χ0v) is 11.0. The molecule has 1 aromatic rings. The molecule has 2 fully saturated rings. The van der Waals surface area contributed by atoms with Gasteiger partial charge in [-0.15, -0.1) is 0 Å². The molecule has 0 N–H and O–H groups in total. The third-order valence-electron chi connectivity index (χ3n) is 4.24. The van der Waals surface area contributed by atoms with Crippen LogP contribution >= 0.6 is 0 Å². The summed E-state index contributed by atoms with van der Waals surface area (Å²) in [4.78, 5) is 18.9. The Bertz CT molecular complexity index is 405. The number of hydrogen-bond donors (Lipinski definition) is 0. The first kappa shape index (κ1) is 11.8. The van der Waals surface area contributed by atoms with Crippen LogP contribution in [0.1, 0.15) is 51.5 Å². The van der Waals surface area contributed by atoms with Crippen molar-refractivity contribution in [1.29, 1.82) is 0 Å². The van der Waals surface area contributed by atoms with E-state index in [1.54, 1.807) is 12.5 Å². The van der Waals surface area contributed by atoms with Gasteiger partial charge >= 0.3 is 0 Å². The minimum atomic E-state index is -0.117. The Labute approximate surface area is 108 Å². The van der Waals surface area contributed by atoms with Gasteiger partial charge in [0.1, 0.15) is 6.04 Å². The van der Waals surface area contributed by atoms with Crippen molar-refractivity contribution < 1.29 is 4.79 Å². The van der Waals surface area contributed by atoms with Gasteiger partial charge in [0.2, 0.25) is 5.91 Å². The normalized spacial score (nSPS) is 22.1. The summed E-state index contributed by atoms with van der Waals surface area (Å²) in [6.07, 6.45) is 12.7. The summed E-state index contributed by atoms with van der Waals surface area (Å²) in [6, 6.07) is 0.899. The van der Waals surface area contributed by atoms with Crippen LogP contribution in [0, 0.1) is 0 Å². The molecule has 0 saturated heterocycles. The van der Waals surface area contributed by atoms with E-state index in [-0.39, 0.29) is 11.9 Å². The van der Waals surface area contributed by atoms with E-state index in [9.17, 15) is 4.79 Å². The molecule has 0 unspecified atom stereocenters. The lowest BCUT2D eigenvalue weighted by atomic mass is 10.1. The monoisotopic (exact) mass is 247 g/mol. The van der Waals surface area contributed by atoms with Gasteiger partial charge < -0.3 is 9.47 Å². The molecule has 0 aliphatic heterocycles. The van der Waals surface area contributed by atoms with Crippen LogP contribution in [-0.4, -0.2) is 32.4 Å². The first-order chi connectivity index (χ1) is 8.77. The lowest BCUT2D eigenvalue weighted by Gasteiger charge is -2.31. The number of aromatic nitrogens is 2. The van der Waals surface area contributed by atoms with Crippen LogP contribution in [-0.2, 0) is 4.79 Å². The molecule has 1 aromatic heterocycles. The summed E-state index contributed by atoms with van der Waals surface area (Å²) in [6.45, 7) is 1.98. The van der Waals surface area contributed by atoms with Crippen LogP contribution in [0.5, 0.6) is 0 Å². The van der Waals surface area contributed by atoms with Gasteiger partial charge in [0, 0.05) is 24.5 Å². The Morgan fingerprint density at radius 2 is 1.94 bits per heavy atom. The molecule has 0 radical (unpaired) electrons. The summed E-state index contributed by atoms with van der Waals surface area (Å²) >= 11 is 0. The van der Waals surface area contributed by atoms with Crippen molar-refractivity contribution in [2.75, 3.05) is 0 Å². The Balaban J connectivity index is 1.75. The number of carbonyl (C=O) groups is 1. The van der Waals surface area contributed by atoms with Gasteiger partial charge in [-0.1, -0.05) is 12.8 Å². The minimum absolute atomic E-state index is 0.117. The molecule has 0 spiro atoms. The van der Waals surface area contributed by atoms with Crippen molar-refractivity contribution in [3.8, 4) is 0 Å². The average molecular weight is 247 g/mol. The molecular formula is C14H21N3O. The van der Waals surface area contributed by atoms with E-state index in [0.29, 0.717) is 12.1 Å². The summed E-state index contributed by atoms with van der Waals surface area (Å²) < 4.78 is 1.91. The molecule has 1 heterocycles. The Kier molecular flexibility index (Phi) is 3.10. The smallest absolute Gasteiger partial charge is 0.245 e. The average Bonchev–Trinajstić information content (AvgIpc) is 2.87. The van der Waals surface area contributed by atoms with Crippen molar-refractivity contribution in [1.82, 2.24) is 14.5 Å². The number of nitrogens with zero attached hydrogens (tertiary/aromatic N) is 3. The SMILES string of the molecule is C[C@@H](C(=O)N(C1CCCC1)C1CC1)n1ccnc1. The van der Waals surface area contributed by atoms with Gasteiger partial charge in [0.25, 0.3) is 0 Å². The van der Waals surface area contributed by atoms with E-state index in [4.69, 9.17) is 0 Å². The minimum Gasteiger partial charge on any atom is -0.335 e. The molecule has 3 rings (SSSR count). The van der Waals surface area contributed by atoms with Crippen LogP contribution in [0.2, 0.25) is 0 Å². The number of imidazole rings is 1. The van der Waals surface area contributed by atoms with Crippen LogP contribution in [0.15, 0.2) is 18.7 Å². The second kappa shape index (κ2) is 4.75. The Morgan fingerprint density at radius 3 is 2.50 bits per heavy atom. The molecular weight excluding hydrogens is 226 g/mol. The summed E-state index contributed by atoms with van der Waals surface area (Å²) in [5, 5.41) is 0. The first-order valence-corrected chi connectivity index (χ1v) is 7.07. The fourth-order valence-corrected chi connectivity index (χ4v) is 3.03. The Morgan fingerprint density at radius 1 is 1.28 bits per heavy atom. The predicted molar refractivity (Wildman–Crippen MR) is 69.1 cm³/mol. The second-order valence-electron chi connectivity index (χ2n) is 5.60. The van der Waals surface area contributed by atoms with E-state index in [1.165, 1.54) is 38.5 Å². The van der Waals surface area contributed by atoms with E-state index < -0.39 is 0 Å². The van der Waals surface area contributed by atoms with Gasteiger partial charge in [0.15, 0.2) is 0 Å². The van der Waals surface area contributed by atoms with Crippen molar-refractivity contribution in [3.05, 3.63) is 18.7 Å². The second-order valence-corrected chi connectivity index (χ2v) is 5.60. The van der Waals surface area contributed by atoms with Crippen LogP contribution in [0.4, 0.5) is 0 Å². The van der Waals surface area contributed by atoms with Crippen LogP contribution in [0.3, 0.4) is 0 Å². The molecule has 0 bridgehead atoms. The molecule has 98 valence electrons. The summed E-state index contributed by atoms with van der Waals surface area (Å²) in [5.74, 6) is 0.280. The molecule has 2 saturated carbocycles. The highest BCUT2D eigenvalue weighted by molar-refractivity contribution is 5.81. The van der Waals surface area contributed by atoms with Crippen molar-refractivity contribution in [2.45, 2.75) is 63.6 Å².